The third-order valence-electron chi connectivity index (χ3n) is 1.79. The van der Waals surface area contributed by atoms with Gasteiger partial charge in [0.1, 0.15) is 0 Å². The van der Waals surface area contributed by atoms with Crippen LogP contribution >= 0.6 is 15.9 Å². The zero-order valence-corrected chi connectivity index (χ0v) is 9.67. The molecule has 1 rings (SSSR count). The van der Waals surface area contributed by atoms with Gasteiger partial charge in [0.25, 0.3) is 5.56 Å². The van der Waals surface area contributed by atoms with E-state index in [2.05, 4.69) is 27.8 Å². The molecule has 0 aliphatic carbocycles. The minimum Gasteiger partial charge on any atom is -0.316 e. The summed E-state index contributed by atoms with van der Waals surface area (Å²) in [5, 5.41) is 3.00. The average molecular weight is 257 g/mol. The molecule has 0 fully saturated rings. The van der Waals surface area contributed by atoms with Crippen LogP contribution < -0.4 is 10.9 Å². The van der Waals surface area contributed by atoms with Crippen LogP contribution in [0, 0.1) is 0 Å². The molecule has 0 saturated carbocycles. The minimum absolute atomic E-state index is 0.0234. The number of aromatic nitrogens is 1. The Bertz CT molecular complexity index is 384. The summed E-state index contributed by atoms with van der Waals surface area (Å²) in [6.45, 7) is 5.15. The highest BCUT2D eigenvalue weighted by Gasteiger charge is 2.00. The van der Waals surface area contributed by atoms with E-state index in [1.54, 1.807) is 16.8 Å². The van der Waals surface area contributed by atoms with Crippen LogP contribution in [0.1, 0.15) is 0 Å². The predicted molar refractivity (Wildman–Crippen MR) is 61.5 cm³/mol. The molecule has 0 aliphatic heterocycles. The van der Waals surface area contributed by atoms with Gasteiger partial charge in [0.05, 0.1) is 4.47 Å². The molecule has 0 aromatic carbocycles. The quantitative estimate of drug-likeness (QED) is 0.827. The van der Waals surface area contributed by atoms with Gasteiger partial charge in [-0.2, -0.15) is 0 Å². The number of hydrogen-bond donors (Lipinski definition) is 1. The SMILES string of the molecule is C=C(CNC)Cn1cccc(Br)c1=O. The highest BCUT2D eigenvalue weighted by Crippen LogP contribution is 2.02. The van der Waals surface area contributed by atoms with Crippen LogP contribution in [0.2, 0.25) is 0 Å². The van der Waals surface area contributed by atoms with Gasteiger partial charge in [-0.05, 0) is 40.7 Å². The van der Waals surface area contributed by atoms with E-state index in [4.69, 9.17) is 0 Å². The number of hydrogen-bond acceptors (Lipinski definition) is 2. The van der Waals surface area contributed by atoms with E-state index in [0.29, 0.717) is 11.0 Å². The van der Waals surface area contributed by atoms with Crippen molar-refractivity contribution in [1.29, 1.82) is 0 Å². The largest absolute Gasteiger partial charge is 0.316 e. The van der Waals surface area contributed by atoms with Crippen LogP contribution in [-0.4, -0.2) is 18.2 Å². The van der Waals surface area contributed by atoms with E-state index in [9.17, 15) is 4.79 Å². The lowest BCUT2D eigenvalue weighted by Crippen LogP contribution is -2.23. The summed E-state index contributed by atoms with van der Waals surface area (Å²) in [6.07, 6.45) is 1.76. The molecule has 1 aromatic heterocycles. The summed E-state index contributed by atoms with van der Waals surface area (Å²) in [6, 6.07) is 3.57. The summed E-state index contributed by atoms with van der Waals surface area (Å²) in [5.74, 6) is 0. The molecular formula is C10H13BrN2O. The van der Waals surface area contributed by atoms with Crippen molar-refractivity contribution in [3.63, 3.8) is 0 Å². The van der Waals surface area contributed by atoms with Gasteiger partial charge in [0.2, 0.25) is 0 Å². The number of rotatable bonds is 4. The third-order valence-corrected chi connectivity index (χ3v) is 2.40. The highest BCUT2D eigenvalue weighted by atomic mass is 79.9. The van der Waals surface area contributed by atoms with Gasteiger partial charge in [-0.1, -0.05) is 6.58 Å². The molecule has 1 heterocycles. The lowest BCUT2D eigenvalue weighted by molar-refractivity contribution is 0.708. The maximum Gasteiger partial charge on any atom is 0.265 e. The molecule has 0 amide bonds. The molecule has 14 heavy (non-hydrogen) atoms. The second-order valence-corrected chi connectivity index (χ2v) is 3.92. The van der Waals surface area contributed by atoms with Gasteiger partial charge in [-0.15, -0.1) is 0 Å². The van der Waals surface area contributed by atoms with Crippen molar-refractivity contribution in [1.82, 2.24) is 9.88 Å². The van der Waals surface area contributed by atoms with Crippen LogP contribution in [0.15, 0.2) is 39.7 Å². The zero-order chi connectivity index (χ0) is 10.6. The first-order valence-corrected chi connectivity index (χ1v) is 5.10. The molecular weight excluding hydrogens is 244 g/mol. The van der Waals surface area contributed by atoms with E-state index in [0.717, 1.165) is 12.1 Å². The maximum atomic E-state index is 11.6. The van der Waals surface area contributed by atoms with Crippen LogP contribution in [-0.2, 0) is 6.54 Å². The van der Waals surface area contributed by atoms with Gasteiger partial charge in [-0.3, -0.25) is 4.79 Å². The van der Waals surface area contributed by atoms with Crippen molar-refractivity contribution in [3.8, 4) is 0 Å². The van der Waals surface area contributed by atoms with Crippen LogP contribution in [0.5, 0.6) is 0 Å². The van der Waals surface area contributed by atoms with Gasteiger partial charge < -0.3 is 9.88 Å². The summed E-state index contributed by atoms with van der Waals surface area (Å²) in [5.41, 5.74) is 0.956. The lowest BCUT2D eigenvalue weighted by Gasteiger charge is -2.07. The van der Waals surface area contributed by atoms with Crippen molar-refractivity contribution in [3.05, 3.63) is 45.3 Å². The summed E-state index contributed by atoms with van der Waals surface area (Å²) in [7, 11) is 1.86. The molecule has 0 aliphatic rings. The Kier molecular flexibility index (Phi) is 4.10. The first-order valence-electron chi connectivity index (χ1n) is 4.31. The smallest absolute Gasteiger partial charge is 0.265 e. The molecule has 0 spiro atoms. The third kappa shape index (κ3) is 2.82. The Morgan fingerprint density at radius 1 is 1.71 bits per heavy atom. The first kappa shape index (κ1) is 11.2. The molecule has 0 saturated heterocycles. The van der Waals surface area contributed by atoms with Crippen molar-refractivity contribution >= 4 is 15.9 Å². The second kappa shape index (κ2) is 5.12. The van der Waals surface area contributed by atoms with E-state index < -0.39 is 0 Å². The zero-order valence-electron chi connectivity index (χ0n) is 8.09. The fourth-order valence-corrected chi connectivity index (χ4v) is 1.56. The molecule has 1 N–H and O–H groups in total. The first-order chi connectivity index (χ1) is 6.65. The molecule has 0 bridgehead atoms. The van der Waals surface area contributed by atoms with Crippen molar-refractivity contribution in [2.24, 2.45) is 0 Å². The molecule has 0 radical (unpaired) electrons. The number of nitrogens with one attached hydrogen (secondary N) is 1. The number of halogens is 1. The molecule has 4 heteroatoms. The van der Waals surface area contributed by atoms with Crippen LogP contribution in [0.3, 0.4) is 0 Å². The molecule has 0 unspecified atom stereocenters. The predicted octanol–water partition coefficient (Wildman–Crippen LogP) is 1.39. The number of likely N-dealkylation sites (N-methyl/N-ethyl adjacent to an activating group) is 1. The Morgan fingerprint density at radius 3 is 3.07 bits per heavy atom. The molecule has 76 valence electrons. The Balaban J connectivity index is 2.82. The van der Waals surface area contributed by atoms with Crippen molar-refractivity contribution < 1.29 is 0 Å². The van der Waals surface area contributed by atoms with E-state index in [1.807, 2.05) is 13.1 Å². The topological polar surface area (TPSA) is 34.0 Å². The fraction of sp³-hybridized carbons (Fsp3) is 0.300. The standard InChI is InChI=1S/C10H13BrN2O/c1-8(6-12-2)7-13-5-3-4-9(11)10(13)14/h3-5,12H,1,6-7H2,2H3. The molecule has 1 aromatic rings. The second-order valence-electron chi connectivity index (χ2n) is 3.07. The summed E-state index contributed by atoms with van der Waals surface area (Å²) < 4.78 is 2.21. The van der Waals surface area contributed by atoms with Crippen LogP contribution in [0.25, 0.3) is 0 Å². The van der Waals surface area contributed by atoms with Crippen LogP contribution in [0.4, 0.5) is 0 Å². The van der Waals surface area contributed by atoms with Crippen molar-refractivity contribution in [2.75, 3.05) is 13.6 Å². The summed E-state index contributed by atoms with van der Waals surface area (Å²) >= 11 is 3.20. The Hall–Kier alpha value is -0.870. The normalized spacial score (nSPS) is 10.1. The van der Waals surface area contributed by atoms with E-state index >= 15 is 0 Å². The molecule has 0 atom stereocenters. The van der Waals surface area contributed by atoms with Gasteiger partial charge in [-0.25, -0.2) is 0 Å². The van der Waals surface area contributed by atoms with Crippen molar-refractivity contribution in [2.45, 2.75) is 6.54 Å². The van der Waals surface area contributed by atoms with Gasteiger partial charge >= 0.3 is 0 Å². The number of pyridine rings is 1. The monoisotopic (exact) mass is 256 g/mol. The van der Waals surface area contributed by atoms with E-state index in [-0.39, 0.29) is 5.56 Å². The van der Waals surface area contributed by atoms with Gasteiger partial charge in [0.15, 0.2) is 0 Å². The highest BCUT2D eigenvalue weighted by molar-refractivity contribution is 9.10. The number of nitrogens with zero attached hydrogens (tertiary/aromatic N) is 1. The molecule has 3 nitrogen and oxygen atoms in total. The Morgan fingerprint density at radius 2 is 2.43 bits per heavy atom. The van der Waals surface area contributed by atoms with Gasteiger partial charge in [0, 0.05) is 19.3 Å². The lowest BCUT2D eigenvalue weighted by atomic mass is 10.3. The average Bonchev–Trinajstić information content (AvgIpc) is 2.13. The summed E-state index contributed by atoms with van der Waals surface area (Å²) in [4.78, 5) is 11.6. The van der Waals surface area contributed by atoms with E-state index in [1.165, 1.54) is 0 Å². The fourth-order valence-electron chi connectivity index (χ4n) is 1.18. The Labute approximate surface area is 91.6 Å². The minimum atomic E-state index is -0.0234. The maximum absolute atomic E-state index is 11.6.